The van der Waals surface area contributed by atoms with E-state index in [1.54, 1.807) is 7.05 Å². The summed E-state index contributed by atoms with van der Waals surface area (Å²) in [6.45, 7) is 3.81. The van der Waals surface area contributed by atoms with Crippen LogP contribution >= 0.6 is 0 Å². The van der Waals surface area contributed by atoms with Crippen molar-refractivity contribution < 1.29 is 24.7 Å². The van der Waals surface area contributed by atoms with E-state index in [-0.39, 0.29) is 22.8 Å². The van der Waals surface area contributed by atoms with E-state index in [4.69, 9.17) is 5.73 Å². The lowest BCUT2D eigenvalue weighted by atomic mass is 9.40. The standard InChI is InChI=1S/C22H29N3O4/c1-12-3-4-14-9-15-17(18(27)28)21(29,11-26)16-6-5-13-7-8-25(19(23)24-2)10-20(13,14)22(12,15)16/h5-6,11-14,16,29H,3-4,7-10H2,1-2H3,(H2,23,24)(H,27,28). The summed E-state index contributed by atoms with van der Waals surface area (Å²) in [7, 11) is 1.70. The summed E-state index contributed by atoms with van der Waals surface area (Å²) in [5.41, 5.74) is 4.06. The normalized spacial score (nSPS) is 50.3. The molecule has 1 saturated heterocycles. The van der Waals surface area contributed by atoms with Gasteiger partial charge in [-0.25, -0.2) is 4.99 Å². The molecule has 5 aliphatic rings. The molecule has 5 rings (SSSR count). The van der Waals surface area contributed by atoms with Crippen molar-refractivity contribution in [2.75, 3.05) is 20.1 Å². The summed E-state index contributed by atoms with van der Waals surface area (Å²) in [6.07, 6.45) is 8.09. The van der Waals surface area contributed by atoms with Gasteiger partial charge in [0.2, 0.25) is 0 Å². The van der Waals surface area contributed by atoms with Crippen LogP contribution < -0.4 is 15.7 Å². The van der Waals surface area contributed by atoms with Gasteiger partial charge >= 0.3 is 0 Å². The van der Waals surface area contributed by atoms with Crippen LogP contribution in [0.25, 0.3) is 0 Å². The monoisotopic (exact) mass is 399 g/mol. The van der Waals surface area contributed by atoms with Gasteiger partial charge in [-0.3, -0.25) is 9.69 Å². The predicted molar refractivity (Wildman–Crippen MR) is 103 cm³/mol. The van der Waals surface area contributed by atoms with Crippen LogP contribution in [0.15, 0.2) is 28.3 Å². The maximum atomic E-state index is 12.2. The van der Waals surface area contributed by atoms with Gasteiger partial charge in [0.1, 0.15) is 0 Å². The number of aldehydes is 1. The minimum atomic E-state index is -2.03. The lowest BCUT2D eigenvalue weighted by Gasteiger charge is -2.63. The third-order valence-electron chi connectivity index (χ3n) is 9.29. The SMILES string of the molecule is CN=C(N)[NH+]1CCC2C=CC3C(O)(C=O)C(C(=O)[O-])=C4CC5CCC(C)C43C25C1. The zero-order valence-electron chi connectivity index (χ0n) is 17.0. The highest BCUT2D eigenvalue weighted by atomic mass is 16.4. The molecule has 0 aromatic rings. The van der Waals surface area contributed by atoms with Gasteiger partial charge in [0.25, 0.3) is 5.96 Å². The molecule has 2 spiro atoms. The fourth-order valence-electron chi connectivity index (χ4n) is 8.52. The Balaban J connectivity index is 1.82. The van der Waals surface area contributed by atoms with Crippen LogP contribution in [0.4, 0.5) is 0 Å². The number of carboxylic acids is 1. The number of hydrogen-bond acceptors (Lipinski definition) is 5. The smallest absolute Gasteiger partial charge is 0.293 e. The van der Waals surface area contributed by atoms with Gasteiger partial charge < -0.3 is 20.7 Å². The second kappa shape index (κ2) is 5.79. The highest BCUT2D eigenvalue weighted by molar-refractivity contribution is 5.97. The van der Waals surface area contributed by atoms with Crippen molar-refractivity contribution in [3.05, 3.63) is 23.3 Å². The number of nitrogens with zero attached hydrogens (tertiary/aromatic N) is 1. The number of carbonyl (C=O) groups is 2. The van der Waals surface area contributed by atoms with E-state index in [9.17, 15) is 19.8 Å². The van der Waals surface area contributed by atoms with E-state index in [1.165, 1.54) is 0 Å². The Morgan fingerprint density at radius 3 is 2.79 bits per heavy atom. The molecule has 2 saturated carbocycles. The van der Waals surface area contributed by atoms with Gasteiger partial charge in [0.05, 0.1) is 19.1 Å². The summed E-state index contributed by atoms with van der Waals surface area (Å²) in [4.78, 5) is 29.7. The topological polar surface area (TPSA) is 120 Å². The van der Waals surface area contributed by atoms with E-state index >= 15 is 0 Å². The van der Waals surface area contributed by atoms with Gasteiger partial charge in [-0.2, -0.15) is 0 Å². The molecule has 4 aliphatic carbocycles. The fourth-order valence-corrected chi connectivity index (χ4v) is 8.52. The molecule has 3 fully saturated rings. The Morgan fingerprint density at radius 1 is 1.38 bits per heavy atom. The van der Waals surface area contributed by atoms with E-state index in [2.05, 4.69) is 18.0 Å². The first-order valence-electron chi connectivity index (χ1n) is 10.7. The number of nitrogens with two attached hydrogens (primary N) is 1. The number of rotatable bonds is 2. The Morgan fingerprint density at radius 2 is 2.14 bits per heavy atom. The van der Waals surface area contributed by atoms with Crippen molar-refractivity contribution in [3.63, 3.8) is 0 Å². The second-order valence-electron chi connectivity index (χ2n) is 9.77. The molecule has 0 aromatic heterocycles. The number of piperidine rings is 1. The van der Waals surface area contributed by atoms with Crippen molar-refractivity contribution >= 4 is 18.2 Å². The molecular weight excluding hydrogens is 370 g/mol. The Bertz CT molecular complexity index is 894. The van der Waals surface area contributed by atoms with Crippen molar-refractivity contribution in [1.82, 2.24) is 0 Å². The van der Waals surface area contributed by atoms with Crippen molar-refractivity contribution in [2.45, 2.75) is 38.2 Å². The number of carboxylic acid groups (broad SMARTS) is 1. The first kappa shape index (κ1) is 19.0. The number of aliphatic carboxylic acids is 1. The molecule has 0 aromatic carbocycles. The molecule has 8 unspecified atom stereocenters. The number of likely N-dealkylation sites (tertiary alicyclic amines) is 1. The molecule has 2 bridgehead atoms. The molecule has 0 radical (unpaired) electrons. The maximum absolute atomic E-state index is 12.2. The largest absolute Gasteiger partial charge is 0.545 e. The zero-order chi connectivity index (χ0) is 20.8. The lowest BCUT2D eigenvalue weighted by molar-refractivity contribution is -0.828. The lowest BCUT2D eigenvalue weighted by Crippen LogP contribution is -3.19. The van der Waals surface area contributed by atoms with Crippen LogP contribution in [0.2, 0.25) is 0 Å². The van der Waals surface area contributed by atoms with E-state index in [1.807, 2.05) is 6.08 Å². The minimum absolute atomic E-state index is 0.163. The number of quaternary nitrogens is 1. The number of carbonyl (C=O) groups excluding carboxylic acids is 2. The molecule has 1 aliphatic heterocycles. The maximum Gasteiger partial charge on any atom is 0.293 e. The Labute approximate surface area is 170 Å². The second-order valence-corrected chi connectivity index (χ2v) is 9.77. The van der Waals surface area contributed by atoms with Crippen molar-refractivity contribution in [1.29, 1.82) is 0 Å². The number of nitrogens with one attached hydrogen (secondary N) is 1. The summed E-state index contributed by atoms with van der Waals surface area (Å²) in [5, 5.41) is 23.6. The molecule has 1 heterocycles. The van der Waals surface area contributed by atoms with Gasteiger partial charge in [0.15, 0.2) is 11.9 Å². The molecule has 156 valence electrons. The van der Waals surface area contributed by atoms with Gasteiger partial charge in [-0.1, -0.05) is 24.6 Å². The van der Waals surface area contributed by atoms with Crippen molar-refractivity contribution in [2.24, 2.45) is 45.2 Å². The molecule has 7 nitrogen and oxygen atoms in total. The quantitative estimate of drug-likeness (QED) is 0.224. The van der Waals surface area contributed by atoms with Gasteiger partial charge in [-0.15, -0.1) is 0 Å². The zero-order valence-corrected chi connectivity index (χ0v) is 17.0. The highest BCUT2D eigenvalue weighted by Crippen LogP contribution is 2.79. The average molecular weight is 399 g/mol. The average Bonchev–Trinajstić information content (AvgIpc) is 3.06. The van der Waals surface area contributed by atoms with Crippen LogP contribution in [0.5, 0.6) is 0 Å². The van der Waals surface area contributed by atoms with E-state index in [0.29, 0.717) is 24.6 Å². The van der Waals surface area contributed by atoms with Gasteiger partial charge in [-0.05, 0) is 37.0 Å². The van der Waals surface area contributed by atoms with Gasteiger partial charge in [0, 0.05) is 35.8 Å². The fraction of sp³-hybridized carbons (Fsp3) is 0.682. The number of aliphatic imine (C=N–C) groups is 1. The van der Waals surface area contributed by atoms with Crippen LogP contribution in [0.1, 0.15) is 32.6 Å². The number of hydrogen-bond donors (Lipinski definition) is 3. The molecule has 8 atom stereocenters. The summed E-state index contributed by atoms with van der Waals surface area (Å²) < 4.78 is 0. The van der Waals surface area contributed by atoms with Crippen LogP contribution in [-0.4, -0.2) is 49.1 Å². The summed E-state index contributed by atoms with van der Waals surface area (Å²) >= 11 is 0. The molecule has 29 heavy (non-hydrogen) atoms. The first-order valence-corrected chi connectivity index (χ1v) is 10.7. The summed E-state index contributed by atoms with van der Waals surface area (Å²) in [6, 6.07) is 0. The van der Waals surface area contributed by atoms with Crippen LogP contribution in [-0.2, 0) is 9.59 Å². The Kier molecular flexibility index (Phi) is 3.79. The Hall–Kier alpha value is -1.99. The van der Waals surface area contributed by atoms with Crippen LogP contribution in [0.3, 0.4) is 0 Å². The predicted octanol–water partition coefficient (Wildman–Crippen LogP) is -1.57. The van der Waals surface area contributed by atoms with Crippen molar-refractivity contribution in [3.8, 4) is 0 Å². The minimum Gasteiger partial charge on any atom is -0.545 e. The van der Waals surface area contributed by atoms with Crippen LogP contribution in [0, 0.1) is 34.5 Å². The highest BCUT2D eigenvalue weighted by Gasteiger charge is 2.80. The number of aliphatic hydroxyl groups is 1. The number of allylic oxidation sites excluding steroid dienone is 2. The molecule has 4 N–H and O–H groups in total. The third-order valence-corrected chi connectivity index (χ3v) is 9.29. The molecule has 7 heteroatoms. The summed E-state index contributed by atoms with van der Waals surface area (Å²) in [5.74, 6) is -0.631. The molecular formula is C22H29N3O4. The number of guanidine groups is 1. The molecule has 0 amide bonds. The third kappa shape index (κ3) is 1.85. The first-order chi connectivity index (χ1) is 13.8. The van der Waals surface area contributed by atoms with E-state index < -0.39 is 22.9 Å². The van der Waals surface area contributed by atoms with E-state index in [0.717, 1.165) is 42.8 Å².